The van der Waals surface area contributed by atoms with Gasteiger partial charge in [0.15, 0.2) is 0 Å². The fraction of sp³-hybridized carbons (Fsp3) is 0.375. The van der Waals surface area contributed by atoms with Crippen LogP contribution in [-0.4, -0.2) is 79.7 Å². The fourth-order valence-electron chi connectivity index (χ4n) is 7.11. The first-order valence-electron chi connectivity index (χ1n) is 17.8. The van der Waals surface area contributed by atoms with E-state index >= 15 is 0 Å². The van der Waals surface area contributed by atoms with E-state index in [0.717, 1.165) is 102 Å². The Kier molecular flexibility index (Phi) is 11.7. The summed E-state index contributed by atoms with van der Waals surface area (Å²) in [4.78, 5) is 8.68. The molecule has 52 heavy (non-hydrogen) atoms. The van der Waals surface area contributed by atoms with E-state index in [1.807, 2.05) is 30.5 Å². The van der Waals surface area contributed by atoms with Crippen LogP contribution >= 0.6 is 27.5 Å². The number of β-amino-alcohol motifs (C(OH)–C–C–N with tert-alkyl or cyclic N) is 2. The second-order valence-electron chi connectivity index (χ2n) is 13.7. The van der Waals surface area contributed by atoms with Crippen molar-refractivity contribution in [2.45, 2.75) is 64.2 Å². The zero-order chi connectivity index (χ0) is 36.0. The van der Waals surface area contributed by atoms with Gasteiger partial charge in [-0.25, -0.2) is 0 Å². The molecule has 7 rings (SSSR count). The molecule has 0 bridgehead atoms. The zero-order valence-electron chi connectivity index (χ0n) is 28.9. The van der Waals surface area contributed by atoms with E-state index in [2.05, 4.69) is 65.7 Å². The number of rotatable bonds is 14. The summed E-state index contributed by atoms with van der Waals surface area (Å²) in [5.41, 5.74) is 6.33. The molecule has 2 fully saturated rings. The smallest absolute Gasteiger partial charge is 0.142 e. The average Bonchev–Trinajstić information content (AvgIpc) is 3.89. The summed E-state index contributed by atoms with van der Waals surface area (Å²) in [6.07, 6.45) is 8.33. The van der Waals surface area contributed by atoms with Gasteiger partial charge in [0, 0.05) is 84.3 Å². The lowest BCUT2D eigenvalue weighted by Crippen LogP contribution is -2.23. The van der Waals surface area contributed by atoms with Gasteiger partial charge in [-0.3, -0.25) is 14.6 Å². The molecule has 3 aromatic carbocycles. The number of aliphatic hydroxyl groups is 2. The maximum atomic E-state index is 10.1. The Hall–Kier alpha value is -4.02. The lowest BCUT2D eigenvalue weighted by molar-refractivity contribution is 0.174. The van der Waals surface area contributed by atoms with Gasteiger partial charge >= 0.3 is 0 Å². The average molecular weight is 786 g/mol. The standard InChI is InChI=1S/C40H42BrClN6O4/c41-40-29(5-3-7-34(40)33-6-4-8-37-35(33)21-45-48(37)12-2-1-11-46-13-9-31(49)23-46)26-52-39-17-38(51-25-28-15-27(18-43)19-44-20-28)30(16-36(39)42)22-47-14-10-32(50)24-47/h3-8,15-17,19-21,31-32,49-50H,1-2,9-14,22-26H2/t31-,32-/m1/s1. The Morgan fingerprint density at radius 3 is 2.38 bits per heavy atom. The molecule has 2 aromatic heterocycles. The summed E-state index contributed by atoms with van der Waals surface area (Å²) in [6.45, 7) is 6.04. The van der Waals surface area contributed by atoms with Crippen LogP contribution in [0.3, 0.4) is 0 Å². The van der Waals surface area contributed by atoms with Gasteiger partial charge in [0.25, 0.3) is 0 Å². The maximum absolute atomic E-state index is 10.1. The predicted octanol–water partition coefficient (Wildman–Crippen LogP) is 6.96. The molecule has 10 nitrogen and oxygen atoms in total. The molecule has 2 atom stereocenters. The van der Waals surface area contributed by atoms with Crippen molar-refractivity contribution in [3.05, 3.63) is 105 Å². The Balaban J connectivity index is 1.07. The van der Waals surface area contributed by atoms with Crippen molar-refractivity contribution in [2.75, 3.05) is 32.7 Å². The largest absolute Gasteiger partial charge is 0.488 e. The van der Waals surface area contributed by atoms with Crippen LogP contribution < -0.4 is 9.47 Å². The molecule has 12 heteroatoms. The number of nitrogens with zero attached hydrogens (tertiary/aromatic N) is 6. The quantitative estimate of drug-likeness (QED) is 0.115. The molecule has 0 amide bonds. The Bertz CT molecular complexity index is 2070. The fourth-order valence-corrected chi connectivity index (χ4v) is 7.95. The first-order valence-corrected chi connectivity index (χ1v) is 19.0. The van der Waals surface area contributed by atoms with E-state index in [1.165, 1.54) is 6.20 Å². The highest BCUT2D eigenvalue weighted by Gasteiger charge is 2.23. The zero-order valence-corrected chi connectivity index (χ0v) is 31.3. The highest BCUT2D eigenvalue weighted by Crippen LogP contribution is 2.38. The number of hydrogen-bond acceptors (Lipinski definition) is 9. The molecular formula is C40H42BrClN6O4. The van der Waals surface area contributed by atoms with Crippen molar-refractivity contribution in [2.24, 2.45) is 0 Å². The lowest BCUT2D eigenvalue weighted by Gasteiger charge is -2.20. The number of pyridine rings is 1. The molecule has 0 radical (unpaired) electrons. The van der Waals surface area contributed by atoms with Crippen LogP contribution in [0, 0.1) is 11.3 Å². The van der Waals surface area contributed by atoms with Crippen LogP contribution in [0.5, 0.6) is 11.5 Å². The molecule has 270 valence electrons. The third-order valence-corrected chi connectivity index (χ3v) is 11.1. The first kappa shape index (κ1) is 36.3. The van der Waals surface area contributed by atoms with Crippen LogP contribution in [0.2, 0.25) is 5.02 Å². The molecule has 0 unspecified atom stereocenters. The first-order chi connectivity index (χ1) is 25.3. The minimum atomic E-state index is -0.341. The summed E-state index contributed by atoms with van der Waals surface area (Å²) in [7, 11) is 0. The van der Waals surface area contributed by atoms with Crippen molar-refractivity contribution >= 4 is 38.4 Å². The molecule has 0 spiro atoms. The number of ether oxygens (including phenoxy) is 2. The monoisotopic (exact) mass is 784 g/mol. The SMILES string of the molecule is N#Cc1cncc(COc2cc(OCc3cccc(-c4cccc5c4cnn5CCCCN4CC[C@@H](O)C4)c3Br)c(Cl)cc2CN2CC[C@@H](O)C2)c1. The predicted molar refractivity (Wildman–Crippen MR) is 204 cm³/mol. The third kappa shape index (κ3) is 8.60. The molecule has 2 saturated heterocycles. The van der Waals surface area contributed by atoms with Crippen molar-refractivity contribution in [1.82, 2.24) is 24.6 Å². The van der Waals surface area contributed by atoms with E-state index in [4.69, 9.17) is 26.2 Å². The van der Waals surface area contributed by atoms with E-state index in [1.54, 1.807) is 12.3 Å². The number of aryl methyl sites for hydroxylation is 1. The molecule has 0 saturated carbocycles. The number of fused-ring (bicyclic) bond motifs is 1. The number of hydrogen-bond donors (Lipinski definition) is 2. The minimum Gasteiger partial charge on any atom is -0.488 e. The van der Waals surface area contributed by atoms with Crippen molar-refractivity contribution in [3.63, 3.8) is 0 Å². The van der Waals surface area contributed by atoms with Gasteiger partial charge in [-0.2, -0.15) is 10.4 Å². The minimum absolute atomic E-state index is 0.180. The van der Waals surface area contributed by atoms with Gasteiger partial charge in [-0.05, 0) is 77.5 Å². The summed E-state index contributed by atoms with van der Waals surface area (Å²) < 4.78 is 15.7. The van der Waals surface area contributed by atoms with E-state index < -0.39 is 0 Å². The molecule has 2 aliphatic rings. The molecule has 4 heterocycles. The second kappa shape index (κ2) is 16.8. The number of likely N-dealkylation sites (tertiary alicyclic amines) is 2. The van der Waals surface area contributed by atoms with Crippen LogP contribution in [0.4, 0.5) is 0 Å². The van der Waals surface area contributed by atoms with Gasteiger partial charge in [0.05, 0.1) is 34.5 Å². The van der Waals surface area contributed by atoms with E-state index in [9.17, 15) is 15.5 Å². The Morgan fingerprint density at radius 1 is 0.846 bits per heavy atom. The number of aliphatic hydroxyl groups excluding tert-OH is 2. The van der Waals surface area contributed by atoms with E-state index in [-0.39, 0.29) is 25.4 Å². The highest BCUT2D eigenvalue weighted by molar-refractivity contribution is 9.10. The topological polar surface area (TPSA) is 120 Å². The third-order valence-electron chi connectivity index (χ3n) is 9.86. The summed E-state index contributed by atoms with van der Waals surface area (Å²) in [5, 5.41) is 35.5. The van der Waals surface area contributed by atoms with Crippen molar-refractivity contribution < 1.29 is 19.7 Å². The van der Waals surface area contributed by atoms with Crippen LogP contribution in [0.15, 0.2) is 77.7 Å². The number of benzene rings is 3. The van der Waals surface area contributed by atoms with Crippen LogP contribution in [0.1, 0.15) is 47.9 Å². The summed E-state index contributed by atoms with van der Waals surface area (Å²) in [6, 6.07) is 20.1. The van der Waals surface area contributed by atoms with Crippen molar-refractivity contribution in [3.8, 4) is 28.7 Å². The Morgan fingerprint density at radius 2 is 1.60 bits per heavy atom. The lowest BCUT2D eigenvalue weighted by atomic mass is 10.00. The molecule has 0 aliphatic carbocycles. The highest BCUT2D eigenvalue weighted by atomic mass is 79.9. The van der Waals surface area contributed by atoms with Crippen LogP contribution in [-0.2, 0) is 26.3 Å². The molecule has 2 N–H and O–H groups in total. The molecule has 2 aliphatic heterocycles. The Labute approximate surface area is 317 Å². The van der Waals surface area contributed by atoms with Gasteiger partial charge in [-0.1, -0.05) is 41.9 Å². The summed E-state index contributed by atoms with van der Waals surface area (Å²) in [5.74, 6) is 1.11. The van der Waals surface area contributed by atoms with Gasteiger partial charge in [0.2, 0.25) is 0 Å². The van der Waals surface area contributed by atoms with Crippen LogP contribution in [0.25, 0.3) is 22.0 Å². The normalized spacial score (nSPS) is 17.9. The molecule has 5 aromatic rings. The number of aromatic nitrogens is 3. The summed E-state index contributed by atoms with van der Waals surface area (Å²) >= 11 is 10.7. The number of halogens is 2. The number of unbranched alkanes of at least 4 members (excludes halogenated alkanes) is 1. The number of nitriles is 1. The molecular weight excluding hydrogens is 744 g/mol. The van der Waals surface area contributed by atoms with Crippen molar-refractivity contribution in [1.29, 1.82) is 5.26 Å². The second-order valence-corrected chi connectivity index (χ2v) is 14.9. The van der Waals surface area contributed by atoms with Gasteiger partial charge in [-0.15, -0.1) is 0 Å². The van der Waals surface area contributed by atoms with Gasteiger partial charge < -0.3 is 24.6 Å². The maximum Gasteiger partial charge on any atom is 0.142 e. The van der Waals surface area contributed by atoms with Gasteiger partial charge in [0.1, 0.15) is 30.8 Å². The van der Waals surface area contributed by atoms with E-state index in [0.29, 0.717) is 35.2 Å².